The van der Waals surface area contributed by atoms with Crippen molar-refractivity contribution in [3.05, 3.63) is 59.5 Å². The van der Waals surface area contributed by atoms with Crippen LogP contribution in [0.15, 0.2) is 42.6 Å². The summed E-state index contributed by atoms with van der Waals surface area (Å²) in [4.78, 5) is 18.2. The summed E-state index contributed by atoms with van der Waals surface area (Å²) >= 11 is 0. The quantitative estimate of drug-likeness (QED) is 0.852. The van der Waals surface area contributed by atoms with Gasteiger partial charge in [0.1, 0.15) is 23.3 Å². The van der Waals surface area contributed by atoms with Crippen molar-refractivity contribution in [3.8, 4) is 0 Å². The second-order valence-electron chi connectivity index (χ2n) is 7.01. The third-order valence-electron chi connectivity index (χ3n) is 5.26. The maximum absolute atomic E-state index is 13.5. The lowest BCUT2D eigenvalue weighted by molar-refractivity contribution is -0.0591. The van der Waals surface area contributed by atoms with Crippen LogP contribution in [0.5, 0.6) is 0 Å². The highest BCUT2D eigenvalue weighted by Gasteiger charge is 2.53. The molecule has 136 valence electrons. The largest absolute Gasteiger partial charge is 0.388 e. The van der Waals surface area contributed by atoms with Crippen LogP contribution in [0.3, 0.4) is 0 Å². The number of nitrogen functional groups attached to an aromatic ring is 1. The summed E-state index contributed by atoms with van der Waals surface area (Å²) in [7, 11) is 0. The van der Waals surface area contributed by atoms with Crippen molar-refractivity contribution in [1.82, 2.24) is 9.88 Å². The molecular weight excluding hydrogens is 337 g/mol. The minimum Gasteiger partial charge on any atom is -0.388 e. The number of rotatable bonds is 2. The van der Waals surface area contributed by atoms with E-state index in [1.165, 1.54) is 18.3 Å². The summed E-state index contributed by atoms with van der Waals surface area (Å²) in [6.45, 7) is 0.883. The molecule has 1 aromatic carbocycles. The van der Waals surface area contributed by atoms with E-state index in [4.69, 9.17) is 10.5 Å². The number of hydrogen-bond donors (Lipinski definition) is 2. The van der Waals surface area contributed by atoms with Crippen molar-refractivity contribution in [2.24, 2.45) is 0 Å². The Labute approximate surface area is 150 Å². The number of halogens is 1. The van der Waals surface area contributed by atoms with Crippen LogP contribution >= 0.6 is 0 Å². The fourth-order valence-electron chi connectivity index (χ4n) is 3.86. The Bertz CT molecular complexity index is 829. The first-order chi connectivity index (χ1) is 12.5. The van der Waals surface area contributed by atoms with E-state index in [-0.39, 0.29) is 24.2 Å². The van der Waals surface area contributed by atoms with Crippen molar-refractivity contribution in [2.45, 2.75) is 24.0 Å². The first-order valence-electron chi connectivity index (χ1n) is 8.55. The van der Waals surface area contributed by atoms with Gasteiger partial charge in [0.25, 0.3) is 5.91 Å². The van der Waals surface area contributed by atoms with Crippen molar-refractivity contribution in [2.75, 3.05) is 25.4 Å². The van der Waals surface area contributed by atoms with Gasteiger partial charge in [0.15, 0.2) is 0 Å². The number of aliphatic hydroxyl groups is 1. The third kappa shape index (κ3) is 2.93. The number of carbonyl (C=O) groups excluding carboxylic acids is 1. The summed E-state index contributed by atoms with van der Waals surface area (Å²) in [6.07, 6.45) is 1.19. The molecule has 2 aliphatic rings. The highest BCUT2D eigenvalue weighted by molar-refractivity contribution is 5.94. The van der Waals surface area contributed by atoms with E-state index in [0.29, 0.717) is 31.0 Å². The molecule has 0 saturated carbocycles. The van der Waals surface area contributed by atoms with Gasteiger partial charge in [0.2, 0.25) is 0 Å². The average Bonchev–Trinajstić information content (AvgIpc) is 3.20. The van der Waals surface area contributed by atoms with Crippen molar-refractivity contribution in [1.29, 1.82) is 0 Å². The molecule has 0 aliphatic carbocycles. The number of benzene rings is 1. The van der Waals surface area contributed by atoms with Gasteiger partial charge < -0.3 is 20.5 Å². The Balaban J connectivity index is 1.50. The van der Waals surface area contributed by atoms with Crippen molar-refractivity contribution in [3.63, 3.8) is 0 Å². The van der Waals surface area contributed by atoms with Crippen LogP contribution < -0.4 is 5.73 Å². The number of pyridine rings is 1. The zero-order valence-corrected chi connectivity index (χ0v) is 14.1. The molecule has 2 aliphatic heterocycles. The van der Waals surface area contributed by atoms with Gasteiger partial charge in [-0.2, -0.15) is 0 Å². The summed E-state index contributed by atoms with van der Waals surface area (Å²) < 4.78 is 19.4. The van der Waals surface area contributed by atoms with Gasteiger partial charge in [0.05, 0.1) is 18.7 Å². The van der Waals surface area contributed by atoms with Gasteiger partial charge in [0, 0.05) is 18.7 Å². The first-order valence-corrected chi connectivity index (χ1v) is 8.55. The number of β-amino-alcohol motifs (C(OH)–C–C–N with tert-alkyl or cyclic N) is 1. The van der Waals surface area contributed by atoms with Gasteiger partial charge in [-0.05, 0) is 36.2 Å². The molecular formula is C19H20FN3O3. The topological polar surface area (TPSA) is 88.7 Å². The maximum atomic E-state index is 13.5. The van der Waals surface area contributed by atoms with E-state index in [0.717, 1.165) is 5.56 Å². The fraction of sp³-hybridized carbons (Fsp3) is 0.368. The van der Waals surface area contributed by atoms with Crippen LogP contribution in [0.2, 0.25) is 0 Å². The number of carbonyl (C=O) groups is 1. The van der Waals surface area contributed by atoms with Crippen LogP contribution in [0.25, 0.3) is 0 Å². The molecule has 6 nitrogen and oxygen atoms in total. The minimum absolute atomic E-state index is 0.00593. The zero-order chi connectivity index (χ0) is 18.3. The number of aromatic nitrogens is 1. The molecule has 2 aromatic rings. The molecule has 1 amide bonds. The number of aliphatic hydroxyl groups excluding tert-OH is 1. The number of hydrogen-bond acceptors (Lipinski definition) is 5. The predicted octanol–water partition coefficient (Wildman–Crippen LogP) is 1.56. The van der Waals surface area contributed by atoms with Crippen LogP contribution in [-0.4, -0.2) is 52.3 Å². The van der Waals surface area contributed by atoms with Crippen molar-refractivity contribution < 1.29 is 19.0 Å². The van der Waals surface area contributed by atoms with Gasteiger partial charge >= 0.3 is 0 Å². The molecule has 0 bridgehead atoms. The second-order valence-corrected chi connectivity index (χ2v) is 7.01. The highest BCUT2D eigenvalue weighted by atomic mass is 19.1. The molecule has 4 rings (SSSR count). The Hall–Kier alpha value is -2.51. The van der Waals surface area contributed by atoms with Gasteiger partial charge in [-0.3, -0.25) is 4.79 Å². The fourth-order valence-corrected chi connectivity index (χ4v) is 3.86. The van der Waals surface area contributed by atoms with Crippen LogP contribution in [-0.2, 0) is 4.74 Å². The van der Waals surface area contributed by atoms with Crippen molar-refractivity contribution >= 4 is 11.7 Å². The summed E-state index contributed by atoms with van der Waals surface area (Å²) in [6, 6.07) is 9.62. The number of nitrogens with two attached hydrogens (primary N) is 1. The minimum atomic E-state index is -0.812. The Morgan fingerprint density at radius 1 is 1.38 bits per heavy atom. The average molecular weight is 357 g/mol. The highest BCUT2D eigenvalue weighted by Crippen LogP contribution is 2.42. The summed E-state index contributed by atoms with van der Waals surface area (Å²) in [5.74, 6) is -0.167. The van der Waals surface area contributed by atoms with Gasteiger partial charge in [-0.15, -0.1) is 0 Å². The number of anilines is 1. The lowest BCUT2D eigenvalue weighted by Crippen LogP contribution is -2.41. The molecule has 1 spiro atoms. The van der Waals surface area contributed by atoms with Crippen LogP contribution in [0.1, 0.15) is 28.3 Å². The molecule has 3 atom stereocenters. The molecule has 2 fully saturated rings. The number of nitrogens with zero attached hydrogens (tertiary/aromatic N) is 2. The second kappa shape index (κ2) is 6.34. The number of amides is 1. The Kier molecular flexibility index (Phi) is 4.13. The van der Waals surface area contributed by atoms with E-state index >= 15 is 0 Å². The van der Waals surface area contributed by atoms with E-state index in [9.17, 15) is 14.3 Å². The molecule has 3 heterocycles. The Morgan fingerprint density at radius 3 is 2.96 bits per heavy atom. The predicted molar refractivity (Wildman–Crippen MR) is 93.0 cm³/mol. The molecule has 0 radical (unpaired) electrons. The molecule has 2 saturated heterocycles. The monoisotopic (exact) mass is 357 g/mol. The lowest BCUT2D eigenvalue weighted by Gasteiger charge is -2.26. The standard InChI is InChI=1S/C19H20FN3O3/c20-15-3-1-2-12(6-15)14-7-19(26-10-14)11-23(9-16(19)24)18(25)13-4-5-17(21)22-8-13/h1-6,8,14,16,24H,7,9-11H2,(H2,21,22)/t14-,16+,19+/m0/s1. The summed E-state index contributed by atoms with van der Waals surface area (Å²) in [5, 5.41) is 10.6. The SMILES string of the molecule is Nc1ccc(C(=O)N2C[C@@H](O)[C@@]3(C[C@H](c4cccc(F)c4)CO3)C2)cn1. The smallest absolute Gasteiger partial charge is 0.255 e. The van der Waals surface area contributed by atoms with Crippen LogP contribution in [0.4, 0.5) is 10.2 Å². The maximum Gasteiger partial charge on any atom is 0.255 e. The Morgan fingerprint density at radius 2 is 2.23 bits per heavy atom. The third-order valence-corrected chi connectivity index (χ3v) is 5.26. The van der Waals surface area contributed by atoms with Gasteiger partial charge in [-0.25, -0.2) is 9.37 Å². The summed E-state index contributed by atoms with van der Waals surface area (Å²) in [5.41, 5.74) is 6.01. The lowest BCUT2D eigenvalue weighted by atomic mass is 9.87. The first kappa shape index (κ1) is 16.9. The van der Waals surface area contributed by atoms with E-state index in [1.54, 1.807) is 23.1 Å². The molecule has 0 unspecified atom stereocenters. The molecule has 1 aromatic heterocycles. The molecule has 7 heteroatoms. The number of likely N-dealkylation sites (tertiary alicyclic amines) is 1. The molecule has 3 N–H and O–H groups in total. The van der Waals surface area contributed by atoms with E-state index in [1.807, 2.05) is 6.07 Å². The van der Waals surface area contributed by atoms with E-state index in [2.05, 4.69) is 4.98 Å². The van der Waals surface area contributed by atoms with Gasteiger partial charge in [-0.1, -0.05) is 12.1 Å². The zero-order valence-electron chi connectivity index (χ0n) is 14.1. The number of ether oxygens (including phenoxy) is 1. The molecule has 26 heavy (non-hydrogen) atoms. The van der Waals surface area contributed by atoms with E-state index < -0.39 is 11.7 Å². The normalized spacial score (nSPS) is 28.0. The van der Waals surface area contributed by atoms with Crippen LogP contribution in [0, 0.1) is 5.82 Å².